The van der Waals surface area contributed by atoms with Gasteiger partial charge >= 0.3 is 6.09 Å². The third-order valence-electron chi connectivity index (χ3n) is 4.89. The molecule has 1 saturated carbocycles. The van der Waals surface area contributed by atoms with Gasteiger partial charge in [0.05, 0.1) is 0 Å². The number of carbonyl (C=O) groups is 1. The number of benzene rings is 2. The normalized spacial score (nSPS) is 23.7. The van der Waals surface area contributed by atoms with Crippen LogP contribution in [0.15, 0.2) is 60.7 Å². The summed E-state index contributed by atoms with van der Waals surface area (Å²) >= 11 is 0. The molecule has 4 heteroatoms. The molecular formula is C19H21FNO2+. The molecule has 0 bridgehead atoms. The molecule has 4 atom stereocenters. The van der Waals surface area contributed by atoms with Crippen LogP contribution in [0.3, 0.4) is 0 Å². The van der Waals surface area contributed by atoms with Gasteiger partial charge in [-0.1, -0.05) is 60.7 Å². The molecule has 2 aromatic rings. The van der Waals surface area contributed by atoms with Gasteiger partial charge in [0.15, 0.2) is 6.17 Å². The molecule has 1 amide bonds. The van der Waals surface area contributed by atoms with Crippen LogP contribution in [-0.2, 0) is 6.54 Å². The van der Waals surface area contributed by atoms with Crippen LogP contribution in [0.4, 0.5) is 9.18 Å². The van der Waals surface area contributed by atoms with E-state index in [0.717, 1.165) is 11.1 Å². The van der Waals surface area contributed by atoms with Gasteiger partial charge in [-0.15, -0.1) is 0 Å². The molecule has 120 valence electrons. The number of halogens is 1. The first kappa shape index (κ1) is 15.7. The quantitative estimate of drug-likeness (QED) is 0.822. The lowest BCUT2D eigenvalue weighted by Crippen LogP contribution is -2.55. The first-order chi connectivity index (χ1) is 11.1. The van der Waals surface area contributed by atoms with Gasteiger partial charge in [-0.05, 0) is 6.92 Å². The number of hydrogen-bond donors (Lipinski definition) is 1. The highest BCUT2D eigenvalue weighted by atomic mass is 19.1. The van der Waals surface area contributed by atoms with E-state index in [1.165, 1.54) is 0 Å². The highest BCUT2D eigenvalue weighted by molar-refractivity contribution is 5.58. The molecule has 1 aliphatic rings. The Balaban J connectivity index is 2.03. The van der Waals surface area contributed by atoms with E-state index in [9.17, 15) is 14.3 Å². The van der Waals surface area contributed by atoms with E-state index in [4.69, 9.17) is 0 Å². The third kappa shape index (κ3) is 2.86. The van der Waals surface area contributed by atoms with Gasteiger partial charge in [0.25, 0.3) is 0 Å². The highest BCUT2D eigenvalue weighted by Crippen LogP contribution is 2.45. The molecule has 3 nitrogen and oxygen atoms in total. The van der Waals surface area contributed by atoms with Gasteiger partial charge in [-0.3, -0.25) is 0 Å². The summed E-state index contributed by atoms with van der Waals surface area (Å²) in [4.78, 5) is 12.3. The van der Waals surface area contributed by atoms with Crippen LogP contribution in [0.2, 0.25) is 0 Å². The number of hydrogen-bond acceptors (Lipinski definition) is 1. The first-order valence-corrected chi connectivity index (χ1v) is 7.89. The Morgan fingerprint density at radius 1 is 1.17 bits per heavy atom. The summed E-state index contributed by atoms with van der Waals surface area (Å²) in [6.07, 6.45) is -1.69. The van der Waals surface area contributed by atoms with Crippen molar-refractivity contribution in [1.82, 2.24) is 0 Å². The van der Waals surface area contributed by atoms with Crippen molar-refractivity contribution in [2.45, 2.75) is 38.1 Å². The zero-order chi connectivity index (χ0) is 16.4. The van der Waals surface area contributed by atoms with Gasteiger partial charge in [-0.25, -0.2) is 8.87 Å². The van der Waals surface area contributed by atoms with E-state index in [2.05, 4.69) is 0 Å². The maximum atomic E-state index is 13.9. The Bertz CT molecular complexity index is 676. The van der Waals surface area contributed by atoms with E-state index in [0.29, 0.717) is 6.42 Å². The summed E-state index contributed by atoms with van der Waals surface area (Å²) in [6, 6.07) is 18.2. The van der Waals surface area contributed by atoms with Crippen molar-refractivity contribution in [3.8, 4) is 0 Å². The fraction of sp³-hybridized carbons (Fsp3) is 0.316. The number of nitrogens with zero attached hydrogens (tertiary/aromatic N) is 1. The molecule has 1 aliphatic carbocycles. The Kier molecular flexibility index (Phi) is 4.18. The van der Waals surface area contributed by atoms with E-state index in [1.54, 1.807) is 0 Å². The monoisotopic (exact) mass is 314 g/mol. The second kappa shape index (κ2) is 6.13. The van der Waals surface area contributed by atoms with Gasteiger partial charge in [0, 0.05) is 17.5 Å². The number of quaternary nitrogens is 1. The predicted octanol–water partition coefficient (Wildman–Crippen LogP) is 4.55. The van der Waals surface area contributed by atoms with E-state index in [-0.39, 0.29) is 17.1 Å². The molecule has 1 unspecified atom stereocenters. The van der Waals surface area contributed by atoms with E-state index in [1.807, 2.05) is 67.6 Å². The summed E-state index contributed by atoms with van der Waals surface area (Å²) in [5.74, 6) is 0. The van der Waals surface area contributed by atoms with Crippen LogP contribution in [0.5, 0.6) is 0 Å². The summed E-state index contributed by atoms with van der Waals surface area (Å²) in [5.41, 5.74) is 1.83. The van der Waals surface area contributed by atoms with Gasteiger partial charge in [-0.2, -0.15) is 4.79 Å². The molecule has 0 saturated heterocycles. The van der Waals surface area contributed by atoms with Crippen molar-refractivity contribution in [3.05, 3.63) is 71.8 Å². The SMILES string of the molecule is CC(c1ccccc1)[N@@+](Cc1ccccc1)(C(=O)O)[C@@H]1C[C@H]1F. The predicted molar refractivity (Wildman–Crippen MR) is 86.6 cm³/mol. The highest BCUT2D eigenvalue weighted by Gasteiger charge is 2.61. The van der Waals surface area contributed by atoms with Gasteiger partial charge < -0.3 is 5.11 Å². The second-order valence-corrected chi connectivity index (χ2v) is 6.26. The first-order valence-electron chi connectivity index (χ1n) is 7.89. The molecule has 1 fully saturated rings. The molecule has 2 aromatic carbocycles. The van der Waals surface area contributed by atoms with Crippen LogP contribution in [-0.4, -0.2) is 27.9 Å². The molecule has 23 heavy (non-hydrogen) atoms. The average molecular weight is 314 g/mol. The summed E-state index contributed by atoms with van der Waals surface area (Å²) in [7, 11) is 0. The van der Waals surface area contributed by atoms with Crippen LogP contribution >= 0.6 is 0 Å². The van der Waals surface area contributed by atoms with Crippen molar-refractivity contribution in [2.75, 3.05) is 0 Å². The lowest BCUT2D eigenvalue weighted by atomic mass is 10.0. The molecule has 0 aromatic heterocycles. The average Bonchev–Trinajstić information content (AvgIpc) is 3.30. The molecule has 0 spiro atoms. The minimum absolute atomic E-state index is 0.283. The fourth-order valence-corrected chi connectivity index (χ4v) is 3.43. The Morgan fingerprint density at radius 3 is 2.17 bits per heavy atom. The Labute approximate surface area is 135 Å². The number of alkyl halides is 1. The lowest BCUT2D eigenvalue weighted by Gasteiger charge is -2.38. The van der Waals surface area contributed by atoms with E-state index >= 15 is 0 Å². The van der Waals surface area contributed by atoms with Gasteiger partial charge in [0.2, 0.25) is 0 Å². The topological polar surface area (TPSA) is 37.3 Å². The molecule has 0 heterocycles. The standard InChI is InChI=1S/C19H20FNO2/c1-14(16-10-6-3-7-11-16)21(19(22)23,18-12-17(18)20)13-15-8-4-2-5-9-15/h2-11,14,17-18H,12-13H2,1H3/p+1/t14?,17-,18-,21-/m1/s1. The largest absolute Gasteiger partial charge is 0.514 e. The summed E-state index contributed by atoms with van der Waals surface area (Å²) < 4.78 is 13.6. The van der Waals surface area contributed by atoms with Crippen molar-refractivity contribution in [3.63, 3.8) is 0 Å². The van der Waals surface area contributed by atoms with Crippen LogP contribution in [0.25, 0.3) is 0 Å². The summed E-state index contributed by atoms with van der Waals surface area (Å²) in [6.45, 7) is 2.18. The minimum Gasteiger partial charge on any atom is -0.435 e. The lowest BCUT2D eigenvalue weighted by molar-refractivity contribution is -0.910. The number of carboxylic acid groups (broad SMARTS) is 1. The Morgan fingerprint density at radius 2 is 1.70 bits per heavy atom. The smallest absolute Gasteiger partial charge is 0.435 e. The second-order valence-electron chi connectivity index (χ2n) is 6.26. The van der Waals surface area contributed by atoms with Crippen LogP contribution < -0.4 is 0 Å². The summed E-state index contributed by atoms with van der Waals surface area (Å²) in [5, 5.41) is 10.1. The Hall–Kier alpha value is -2.20. The number of amides is 1. The molecule has 0 radical (unpaired) electrons. The van der Waals surface area contributed by atoms with Crippen LogP contribution in [0.1, 0.15) is 30.5 Å². The van der Waals surface area contributed by atoms with Crippen molar-refractivity contribution >= 4 is 6.09 Å². The molecule has 0 aliphatic heterocycles. The fourth-order valence-electron chi connectivity index (χ4n) is 3.43. The third-order valence-corrected chi connectivity index (χ3v) is 4.89. The van der Waals surface area contributed by atoms with Crippen molar-refractivity contribution < 1.29 is 18.8 Å². The minimum atomic E-state index is -1.04. The molecule has 1 N–H and O–H groups in total. The molecule has 3 rings (SSSR count). The van der Waals surface area contributed by atoms with Crippen LogP contribution in [0, 0.1) is 0 Å². The van der Waals surface area contributed by atoms with Crippen molar-refractivity contribution in [2.24, 2.45) is 0 Å². The molecular weight excluding hydrogens is 293 g/mol. The van der Waals surface area contributed by atoms with Crippen molar-refractivity contribution in [1.29, 1.82) is 0 Å². The maximum absolute atomic E-state index is 13.9. The maximum Gasteiger partial charge on any atom is 0.514 e. The van der Waals surface area contributed by atoms with E-state index < -0.39 is 18.3 Å². The van der Waals surface area contributed by atoms with Gasteiger partial charge in [0.1, 0.15) is 18.6 Å². The number of rotatable bonds is 5. The zero-order valence-electron chi connectivity index (χ0n) is 13.1. The zero-order valence-corrected chi connectivity index (χ0v) is 13.1.